The van der Waals surface area contributed by atoms with Crippen LogP contribution in [0.2, 0.25) is 0 Å². The first-order chi connectivity index (χ1) is 11.8. The Bertz CT molecular complexity index is 847. The molecule has 6 heteroatoms. The second-order valence-electron chi connectivity index (χ2n) is 6.07. The van der Waals surface area contributed by atoms with E-state index in [0.29, 0.717) is 23.3 Å². The van der Waals surface area contributed by atoms with Crippen LogP contribution in [0.5, 0.6) is 5.75 Å². The lowest BCUT2D eigenvalue weighted by Gasteiger charge is -2.12. The van der Waals surface area contributed by atoms with Crippen LogP contribution >= 0.6 is 0 Å². The molecule has 0 aliphatic rings. The van der Waals surface area contributed by atoms with Crippen molar-refractivity contribution in [1.29, 1.82) is 0 Å². The molecule has 0 saturated carbocycles. The number of rotatable bonds is 6. The summed E-state index contributed by atoms with van der Waals surface area (Å²) in [5.41, 5.74) is 1.32. The molecule has 0 aliphatic carbocycles. The molecule has 0 radical (unpaired) electrons. The SMILES string of the molecule is CCC(=O)Oc1cc2oc(=O)cc(C)c2cc1CCC(=O)OC(C)C. The van der Waals surface area contributed by atoms with Crippen LogP contribution in [0.3, 0.4) is 0 Å². The number of carbonyl (C=O) groups is 2. The lowest BCUT2D eigenvalue weighted by Crippen LogP contribution is -2.13. The van der Waals surface area contributed by atoms with E-state index >= 15 is 0 Å². The molecule has 25 heavy (non-hydrogen) atoms. The summed E-state index contributed by atoms with van der Waals surface area (Å²) >= 11 is 0. The lowest BCUT2D eigenvalue weighted by molar-refractivity contribution is -0.147. The fourth-order valence-electron chi connectivity index (χ4n) is 2.43. The summed E-state index contributed by atoms with van der Waals surface area (Å²) in [6.07, 6.45) is 0.547. The van der Waals surface area contributed by atoms with E-state index in [1.807, 2.05) is 0 Å². The molecule has 1 aromatic heterocycles. The smallest absolute Gasteiger partial charge is 0.336 e. The number of hydrogen-bond acceptors (Lipinski definition) is 6. The molecule has 0 amide bonds. The monoisotopic (exact) mass is 346 g/mol. The summed E-state index contributed by atoms with van der Waals surface area (Å²) in [5.74, 6) is -0.426. The zero-order valence-electron chi connectivity index (χ0n) is 14.9. The summed E-state index contributed by atoms with van der Waals surface area (Å²) in [7, 11) is 0. The van der Waals surface area contributed by atoms with Crippen molar-refractivity contribution in [3.05, 3.63) is 39.7 Å². The molecule has 0 saturated heterocycles. The fraction of sp³-hybridized carbons (Fsp3) is 0.421. The van der Waals surface area contributed by atoms with Gasteiger partial charge in [0.1, 0.15) is 11.3 Å². The molecule has 0 fully saturated rings. The van der Waals surface area contributed by atoms with E-state index in [0.717, 1.165) is 10.9 Å². The number of carbonyl (C=O) groups excluding carboxylic acids is 2. The van der Waals surface area contributed by atoms with Crippen LogP contribution in [0, 0.1) is 6.92 Å². The van der Waals surface area contributed by atoms with Gasteiger partial charge in [-0.2, -0.15) is 0 Å². The van der Waals surface area contributed by atoms with Crippen LogP contribution in [0.1, 0.15) is 44.7 Å². The minimum absolute atomic E-state index is 0.163. The zero-order valence-corrected chi connectivity index (χ0v) is 14.9. The molecule has 2 aromatic rings. The van der Waals surface area contributed by atoms with E-state index < -0.39 is 11.6 Å². The molecular weight excluding hydrogens is 324 g/mol. The summed E-state index contributed by atoms with van der Waals surface area (Å²) in [6, 6.07) is 4.71. The molecular formula is C19H22O6. The topological polar surface area (TPSA) is 82.8 Å². The second-order valence-corrected chi connectivity index (χ2v) is 6.07. The maximum Gasteiger partial charge on any atom is 0.336 e. The van der Waals surface area contributed by atoms with Crippen LogP contribution in [0.4, 0.5) is 0 Å². The van der Waals surface area contributed by atoms with Crippen LogP contribution in [-0.2, 0) is 20.7 Å². The van der Waals surface area contributed by atoms with Crippen molar-refractivity contribution < 1.29 is 23.5 Å². The number of benzene rings is 1. The van der Waals surface area contributed by atoms with Gasteiger partial charge in [-0.15, -0.1) is 0 Å². The molecule has 1 heterocycles. The Balaban J connectivity index is 2.40. The molecule has 2 rings (SSSR count). The predicted molar refractivity (Wildman–Crippen MR) is 92.7 cm³/mol. The fourth-order valence-corrected chi connectivity index (χ4v) is 2.43. The molecule has 0 unspecified atom stereocenters. The van der Waals surface area contributed by atoms with E-state index in [4.69, 9.17) is 13.9 Å². The van der Waals surface area contributed by atoms with E-state index in [2.05, 4.69) is 0 Å². The van der Waals surface area contributed by atoms with Crippen LogP contribution in [0.25, 0.3) is 11.0 Å². The van der Waals surface area contributed by atoms with E-state index in [1.54, 1.807) is 33.8 Å². The van der Waals surface area contributed by atoms with Crippen molar-refractivity contribution in [1.82, 2.24) is 0 Å². The summed E-state index contributed by atoms with van der Waals surface area (Å²) in [4.78, 5) is 35.0. The molecule has 6 nitrogen and oxygen atoms in total. The lowest BCUT2D eigenvalue weighted by atomic mass is 10.0. The highest BCUT2D eigenvalue weighted by Crippen LogP contribution is 2.29. The first kappa shape index (κ1) is 18.7. The zero-order chi connectivity index (χ0) is 18.6. The van der Waals surface area contributed by atoms with Crippen molar-refractivity contribution >= 4 is 22.9 Å². The van der Waals surface area contributed by atoms with Crippen molar-refractivity contribution in [2.45, 2.75) is 53.1 Å². The van der Waals surface area contributed by atoms with Gasteiger partial charge in [-0.25, -0.2) is 4.79 Å². The normalized spacial score (nSPS) is 10.9. The third-order valence-electron chi connectivity index (χ3n) is 3.61. The predicted octanol–water partition coefficient (Wildman–Crippen LogP) is 3.30. The van der Waals surface area contributed by atoms with E-state index in [1.165, 1.54) is 12.1 Å². The molecule has 0 aliphatic heterocycles. The third kappa shape index (κ3) is 4.92. The molecule has 1 aromatic carbocycles. The van der Waals surface area contributed by atoms with Crippen LogP contribution < -0.4 is 10.4 Å². The minimum Gasteiger partial charge on any atom is -0.463 e. The van der Waals surface area contributed by atoms with Gasteiger partial charge >= 0.3 is 17.6 Å². The van der Waals surface area contributed by atoms with Gasteiger partial charge in [0, 0.05) is 30.4 Å². The van der Waals surface area contributed by atoms with Crippen LogP contribution in [0.15, 0.2) is 27.4 Å². The van der Waals surface area contributed by atoms with Gasteiger partial charge in [-0.05, 0) is 44.4 Å². The maximum atomic E-state index is 11.8. The van der Waals surface area contributed by atoms with Gasteiger partial charge < -0.3 is 13.9 Å². The van der Waals surface area contributed by atoms with E-state index in [9.17, 15) is 14.4 Å². The highest BCUT2D eigenvalue weighted by molar-refractivity contribution is 5.84. The Morgan fingerprint density at radius 3 is 2.52 bits per heavy atom. The number of ether oxygens (including phenoxy) is 2. The third-order valence-corrected chi connectivity index (χ3v) is 3.61. The summed E-state index contributed by atoms with van der Waals surface area (Å²) in [6.45, 7) is 7.06. The minimum atomic E-state index is -0.467. The second kappa shape index (κ2) is 7.96. The number of esters is 2. The van der Waals surface area contributed by atoms with Crippen molar-refractivity contribution in [3.63, 3.8) is 0 Å². The highest BCUT2D eigenvalue weighted by Gasteiger charge is 2.15. The summed E-state index contributed by atoms with van der Waals surface area (Å²) < 4.78 is 15.7. The molecule has 0 spiro atoms. The Kier molecular flexibility index (Phi) is 5.96. The average Bonchev–Trinajstić information content (AvgIpc) is 2.52. The Labute approximate surface area is 145 Å². The van der Waals surface area contributed by atoms with Gasteiger partial charge in [0.25, 0.3) is 0 Å². The summed E-state index contributed by atoms with van der Waals surface area (Å²) in [5, 5.41) is 0.739. The first-order valence-electron chi connectivity index (χ1n) is 8.27. The molecule has 0 atom stereocenters. The van der Waals surface area contributed by atoms with Gasteiger partial charge in [-0.1, -0.05) is 6.92 Å². The van der Waals surface area contributed by atoms with Crippen molar-refractivity contribution in [3.8, 4) is 5.75 Å². The molecule has 0 bridgehead atoms. The van der Waals surface area contributed by atoms with Crippen LogP contribution in [-0.4, -0.2) is 18.0 Å². The number of aryl methyl sites for hydroxylation is 2. The van der Waals surface area contributed by atoms with Crippen molar-refractivity contribution in [2.75, 3.05) is 0 Å². The average molecular weight is 346 g/mol. The Morgan fingerprint density at radius 2 is 1.88 bits per heavy atom. The van der Waals surface area contributed by atoms with Gasteiger partial charge in [-0.3, -0.25) is 9.59 Å². The van der Waals surface area contributed by atoms with Gasteiger partial charge in [0.15, 0.2) is 0 Å². The highest BCUT2D eigenvalue weighted by atomic mass is 16.5. The molecule has 134 valence electrons. The largest absolute Gasteiger partial charge is 0.463 e. The van der Waals surface area contributed by atoms with E-state index in [-0.39, 0.29) is 24.9 Å². The Morgan fingerprint density at radius 1 is 1.16 bits per heavy atom. The number of hydrogen-bond donors (Lipinski definition) is 0. The molecule has 0 N–H and O–H groups in total. The standard InChI is InChI=1S/C19H22O6/c1-5-17(20)24-15-10-16-14(12(4)8-19(22)25-16)9-13(15)6-7-18(21)23-11(2)3/h8-11H,5-7H2,1-4H3. The number of fused-ring (bicyclic) bond motifs is 1. The first-order valence-corrected chi connectivity index (χ1v) is 8.27. The maximum absolute atomic E-state index is 11.8. The van der Waals surface area contributed by atoms with Gasteiger partial charge in [0.2, 0.25) is 0 Å². The van der Waals surface area contributed by atoms with Gasteiger partial charge in [0.05, 0.1) is 6.10 Å². The Hall–Kier alpha value is -2.63. The van der Waals surface area contributed by atoms with Crippen molar-refractivity contribution in [2.24, 2.45) is 0 Å². The quantitative estimate of drug-likeness (QED) is 0.453.